The van der Waals surface area contributed by atoms with Crippen molar-refractivity contribution in [2.45, 2.75) is 13.1 Å². The SMILES string of the molecule is Cl.Cl.Clc1ccccc1CNCc1cccnc1. The fourth-order valence-corrected chi connectivity index (χ4v) is 1.69. The van der Waals surface area contributed by atoms with Crippen LogP contribution in [-0.2, 0) is 13.1 Å². The number of nitrogens with one attached hydrogen (secondary N) is 1. The Morgan fingerprint density at radius 1 is 1.00 bits per heavy atom. The van der Waals surface area contributed by atoms with Gasteiger partial charge >= 0.3 is 0 Å². The highest BCUT2D eigenvalue weighted by molar-refractivity contribution is 6.31. The van der Waals surface area contributed by atoms with Crippen LogP contribution < -0.4 is 5.32 Å². The molecule has 0 aliphatic carbocycles. The lowest BCUT2D eigenvalue weighted by molar-refractivity contribution is 0.691. The highest BCUT2D eigenvalue weighted by Crippen LogP contribution is 2.14. The minimum atomic E-state index is 0. The summed E-state index contributed by atoms with van der Waals surface area (Å²) < 4.78 is 0. The molecule has 0 aliphatic rings. The highest BCUT2D eigenvalue weighted by atomic mass is 35.5. The van der Waals surface area contributed by atoms with Crippen molar-refractivity contribution in [3.05, 3.63) is 64.9 Å². The lowest BCUT2D eigenvalue weighted by atomic mass is 10.2. The van der Waals surface area contributed by atoms with Gasteiger partial charge in [-0.3, -0.25) is 4.98 Å². The van der Waals surface area contributed by atoms with E-state index in [-0.39, 0.29) is 24.8 Å². The second-order valence-electron chi connectivity index (χ2n) is 3.56. The molecule has 0 bridgehead atoms. The summed E-state index contributed by atoms with van der Waals surface area (Å²) in [5.41, 5.74) is 2.29. The maximum absolute atomic E-state index is 6.05. The summed E-state index contributed by atoms with van der Waals surface area (Å²) in [6, 6.07) is 11.8. The van der Waals surface area contributed by atoms with Gasteiger partial charge in [0.2, 0.25) is 0 Å². The molecule has 0 saturated carbocycles. The van der Waals surface area contributed by atoms with Crippen LogP contribution in [0.15, 0.2) is 48.8 Å². The van der Waals surface area contributed by atoms with Gasteiger partial charge in [0.1, 0.15) is 0 Å². The monoisotopic (exact) mass is 304 g/mol. The maximum atomic E-state index is 6.05. The van der Waals surface area contributed by atoms with E-state index in [1.165, 1.54) is 5.56 Å². The number of nitrogens with zero attached hydrogens (tertiary/aromatic N) is 1. The fourth-order valence-electron chi connectivity index (χ4n) is 1.49. The number of benzene rings is 1. The largest absolute Gasteiger partial charge is 0.309 e. The second kappa shape index (κ2) is 9.17. The minimum absolute atomic E-state index is 0. The number of hydrogen-bond acceptors (Lipinski definition) is 2. The molecule has 1 aromatic carbocycles. The summed E-state index contributed by atoms with van der Waals surface area (Å²) in [7, 11) is 0. The van der Waals surface area contributed by atoms with E-state index in [9.17, 15) is 0 Å². The lowest BCUT2D eigenvalue weighted by Gasteiger charge is -2.06. The molecule has 0 saturated heterocycles. The molecule has 1 heterocycles. The van der Waals surface area contributed by atoms with Crippen molar-refractivity contribution >= 4 is 36.4 Å². The normalized spacial score (nSPS) is 9.17. The van der Waals surface area contributed by atoms with Crippen molar-refractivity contribution in [1.82, 2.24) is 10.3 Å². The molecule has 1 N–H and O–H groups in total. The molecule has 5 heteroatoms. The number of halogens is 3. The molecular formula is C13H15Cl3N2. The number of rotatable bonds is 4. The van der Waals surface area contributed by atoms with Gasteiger partial charge in [0.15, 0.2) is 0 Å². The van der Waals surface area contributed by atoms with Gasteiger partial charge in [-0.05, 0) is 23.3 Å². The molecule has 0 atom stereocenters. The third-order valence-electron chi connectivity index (χ3n) is 2.33. The van der Waals surface area contributed by atoms with Gasteiger partial charge in [0.25, 0.3) is 0 Å². The Labute approximate surface area is 125 Å². The van der Waals surface area contributed by atoms with Crippen LogP contribution in [0.4, 0.5) is 0 Å². The smallest absolute Gasteiger partial charge is 0.0450 e. The molecule has 0 spiro atoms. The lowest BCUT2D eigenvalue weighted by Crippen LogP contribution is -2.12. The maximum Gasteiger partial charge on any atom is 0.0450 e. The first-order chi connectivity index (χ1) is 7.86. The standard InChI is InChI=1S/C13H13ClN2.2ClH/c14-13-6-2-1-5-12(13)10-16-9-11-4-3-7-15-8-11;;/h1-8,16H,9-10H2;2*1H. The second-order valence-corrected chi connectivity index (χ2v) is 3.96. The molecule has 2 aromatic rings. The summed E-state index contributed by atoms with van der Waals surface area (Å²) in [4.78, 5) is 4.06. The first kappa shape index (κ1) is 17.2. The van der Waals surface area contributed by atoms with Crippen LogP contribution in [0.2, 0.25) is 5.02 Å². The average molecular weight is 306 g/mol. The van der Waals surface area contributed by atoms with E-state index in [0.29, 0.717) is 0 Å². The van der Waals surface area contributed by atoms with Gasteiger partial charge in [-0.25, -0.2) is 0 Å². The zero-order valence-corrected chi connectivity index (χ0v) is 12.1. The Morgan fingerprint density at radius 2 is 1.78 bits per heavy atom. The molecule has 2 nitrogen and oxygen atoms in total. The molecule has 0 radical (unpaired) electrons. The third kappa shape index (κ3) is 5.23. The first-order valence-electron chi connectivity index (χ1n) is 5.19. The molecule has 0 amide bonds. The minimum Gasteiger partial charge on any atom is -0.309 e. The van der Waals surface area contributed by atoms with Crippen LogP contribution in [0, 0.1) is 0 Å². The third-order valence-corrected chi connectivity index (χ3v) is 2.69. The zero-order chi connectivity index (χ0) is 11.2. The predicted molar refractivity (Wildman–Crippen MR) is 80.7 cm³/mol. The van der Waals surface area contributed by atoms with Crippen molar-refractivity contribution in [2.24, 2.45) is 0 Å². The predicted octanol–water partition coefficient (Wildman–Crippen LogP) is 3.87. The quantitative estimate of drug-likeness (QED) is 0.927. The summed E-state index contributed by atoms with van der Waals surface area (Å²) in [5.74, 6) is 0. The van der Waals surface area contributed by atoms with Crippen LogP contribution in [-0.4, -0.2) is 4.98 Å². The Balaban J connectivity index is 0.00000144. The van der Waals surface area contributed by atoms with Gasteiger partial charge in [-0.1, -0.05) is 35.9 Å². The molecule has 2 rings (SSSR count). The van der Waals surface area contributed by atoms with Crippen LogP contribution in [0.25, 0.3) is 0 Å². The van der Waals surface area contributed by atoms with Crippen LogP contribution in [0.5, 0.6) is 0 Å². The highest BCUT2D eigenvalue weighted by Gasteiger charge is 1.98. The summed E-state index contributed by atoms with van der Waals surface area (Å²) in [5, 5.41) is 4.14. The van der Waals surface area contributed by atoms with Crippen LogP contribution in [0.1, 0.15) is 11.1 Å². The molecule has 1 aromatic heterocycles. The van der Waals surface area contributed by atoms with E-state index in [4.69, 9.17) is 11.6 Å². The molecule has 0 aliphatic heterocycles. The number of aromatic nitrogens is 1. The van der Waals surface area contributed by atoms with E-state index in [0.717, 1.165) is 23.7 Å². The van der Waals surface area contributed by atoms with Gasteiger partial charge < -0.3 is 5.32 Å². The van der Waals surface area contributed by atoms with Crippen molar-refractivity contribution in [2.75, 3.05) is 0 Å². The molecule has 0 fully saturated rings. The first-order valence-corrected chi connectivity index (χ1v) is 5.57. The number of hydrogen-bond donors (Lipinski definition) is 1. The molecule has 18 heavy (non-hydrogen) atoms. The molecule has 0 unspecified atom stereocenters. The van der Waals surface area contributed by atoms with Gasteiger partial charge in [-0.15, -0.1) is 24.8 Å². The Kier molecular flexibility index (Phi) is 8.77. The fraction of sp³-hybridized carbons (Fsp3) is 0.154. The topological polar surface area (TPSA) is 24.9 Å². The van der Waals surface area contributed by atoms with E-state index < -0.39 is 0 Å². The summed E-state index contributed by atoms with van der Waals surface area (Å²) >= 11 is 6.05. The van der Waals surface area contributed by atoms with E-state index >= 15 is 0 Å². The average Bonchev–Trinajstić information content (AvgIpc) is 2.33. The Hall–Kier alpha value is -0.800. The van der Waals surface area contributed by atoms with Gasteiger partial charge in [0.05, 0.1) is 0 Å². The van der Waals surface area contributed by atoms with Crippen molar-refractivity contribution < 1.29 is 0 Å². The van der Waals surface area contributed by atoms with E-state index in [1.807, 2.05) is 42.6 Å². The van der Waals surface area contributed by atoms with Crippen LogP contribution in [0.3, 0.4) is 0 Å². The van der Waals surface area contributed by atoms with Crippen molar-refractivity contribution in [3.63, 3.8) is 0 Å². The van der Waals surface area contributed by atoms with Gasteiger partial charge in [0, 0.05) is 30.5 Å². The van der Waals surface area contributed by atoms with Crippen molar-refractivity contribution in [1.29, 1.82) is 0 Å². The summed E-state index contributed by atoms with van der Waals surface area (Å²) in [6.45, 7) is 1.58. The van der Waals surface area contributed by atoms with Crippen molar-refractivity contribution in [3.8, 4) is 0 Å². The Bertz CT molecular complexity index is 449. The number of pyridine rings is 1. The van der Waals surface area contributed by atoms with Gasteiger partial charge in [-0.2, -0.15) is 0 Å². The molecule has 98 valence electrons. The molecular weight excluding hydrogens is 291 g/mol. The van der Waals surface area contributed by atoms with E-state index in [2.05, 4.69) is 10.3 Å². The van der Waals surface area contributed by atoms with Crippen LogP contribution >= 0.6 is 36.4 Å². The Morgan fingerprint density at radius 3 is 2.44 bits per heavy atom. The zero-order valence-electron chi connectivity index (χ0n) is 9.67. The summed E-state index contributed by atoms with van der Waals surface area (Å²) in [6.07, 6.45) is 3.64. The van der Waals surface area contributed by atoms with E-state index in [1.54, 1.807) is 6.20 Å².